The zero-order valence-electron chi connectivity index (χ0n) is 14.1. The Morgan fingerprint density at radius 1 is 1.30 bits per heavy atom. The second-order valence-corrected chi connectivity index (χ2v) is 8.75. The van der Waals surface area contributed by atoms with Crippen molar-refractivity contribution in [2.75, 3.05) is 12.3 Å². The lowest BCUT2D eigenvalue weighted by Crippen LogP contribution is -2.33. The Kier molecular flexibility index (Phi) is 6.27. The van der Waals surface area contributed by atoms with Crippen LogP contribution in [0.4, 0.5) is 0 Å². The van der Waals surface area contributed by atoms with Crippen molar-refractivity contribution >= 4 is 49.9 Å². The molecule has 0 aliphatic carbocycles. The Balaban J connectivity index is 1.47. The first kappa shape index (κ1) is 19.6. The monoisotopic (exact) mass is 424 g/mol. The maximum Gasteiger partial charge on any atom is 0.244 e. The molecule has 3 rings (SSSR count). The standard InChI is InChI=1S/C17H17ClN4O3S2/c18-16-14(22-9-10-26-17(22)21-16)6-7-15(23)19-8-11-27(24,25)20-12-13-4-2-1-3-5-13/h1-7,9-10,20H,8,11-12H2,(H,19,23)/b7-6+. The predicted molar refractivity (Wildman–Crippen MR) is 107 cm³/mol. The van der Waals surface area contributed by atoms with Crippen molar-refractivity contribution in [1.82, 2.24) is 19.4 Å². The molecule has 0 aliphatic rings. The molecule has 0 saturated carbocycles. The number of carbonyl (C=O) groups is 1. The van der Waals surface area contributed by atoms with E-state index in [-0.39, 0.29) is 18.8 Å². The van der Waals surface area contributed by atoms with Gasteiger partial charge in [-0.15, -0.1) is 11.3 Å². The van der Waals surface area contributed by atoms with Crippen LogP contribution in [0.3, 0.4) is 0 Å². The van der Waals surface area contributed by atoms with E-state index in [4.69, 9.17) is 11.6 Å². The highest BCUT2D eigenvalue weighted by atomic mass is 35.5. The van der Waals surface area contributed by atoms with E-state index in [2.05, 4.69) is 15.0 Å². The third-order valence-electron chi connectivity index (χ3n) is 3.66. The van der Waals surface area contributed by atoms with Crippen molar-refractivity contribution in [3.63, 3.8) is 0 Å². The lowest BCUT2D eigenvalue weighted by Gasteiger charge is -2.07. The van der Waals surface area contributed by atoms with Crippen LogP contribution in [0.5, 0.6) is 0 Å². The first-order valence-electron chi connectivity index (χ1n) is 8.03. The van der Waals surface area contributed by atoms with Gasteiger partial charge in [0.2, 0.25) is 15.9 Å². The molecule has 0 aliphatic heterocycles. The molecule has 2 heterocycles. The topological polar surface area (TPSA) is 92.6 Å². The number of aromatic nitrogens is 2. The number of rotatable bonds is 8. The van der Waals surface area contributed by atoms with Gasteiger partial charge in [0.05, 0.1) is 11.4 Å². The van der Waals surface area contributed by atoms with Crippen LogP contribution in [0.1, 0.15) is 11.3 Å². The highest BCUT2D eigenvalue weighted by Crippen LogP contribution is 2.22. The number of hydrogen-bond donors (Lipinski definition) is 2. The number of carbonyl (C=O) groups excluding carboxylic acids is 1. The number of nitrogens with zero attached hydrogens (tertiary/aromatic N) is 2. The molecule has 1 aromatic carbocycles. The van der Waals surface area contributed by atoms with E-state index in [0.717, 1.165) is 10.5 Å². The molecule has 10 heteroatoms. The molecular weight excluding hydrogens is 408 g/mol. The number of benzene rings is 1. The Morgan fingerprint density at radius 3 is 2.85 bits per heavy atom. The lowest BCUT2D eigenvalue weighted by molar-refractivity contribution is -0.116. The summed E-state index contributed by atoms with van der Waals surface area (Å²) in [6, 6.07) is 9.21. The van der Waals surface area contributed by atoms with E-state index in [1.165, 1.54) is 17.4 Å². The van der Waals surface area contributed by atoms with E-state index in [9.17, 15) is 13.2 Å². The second kappa shape index (κ2) is 8.66. The first-order valence-corrected chi connectivity index (χ1v) is 10.9. The molecule has 1 amide bonds. The van der Waals surface area contributed by atoms with Crippen LogP contribution in [-0.4, -0.2) is 36.0 Å². The van der Waals surface area contributed by atoms with E-state index in [0.29, 0.717) is 10.8 Å². The van der Waals surface area contributed by atoms with Gasteiger partial charge in [-0.25, -0.2) is 18.1 Å². The quantitative estimate of drug-likeness (QED) is 0.542. The van der Waals surface area contributed by atoms with Gasteiger partial charge < -0.3 is 5.32 Å². The molecule has 0 saturated heterocycles. The molecule has 0 radical (unpaired) electrons. The van der Waals surface area contributed by atoms with Gasteiger partial charge >= 0.3 is 0 Å². The fourth-order valence-electron chi connectivity index (χ4n) is 2.31. The fourth-order valence-corrected chi connectivity index (χ4v) is 4.22. The molecule has 0 spiro atoms. The normalized spacial score (nSPS) is 12.0. The van der Waals surface area contributed by atoms with Gasteiger partial charge in [0.1, 0.15) is 0 Å². The Hall–Kier alpha value is -2.20. The Bertz CT molecular complexity index is 1060. The van der Waals surface area contributed by atoms with E-state index in [1.54, 1.807) is 16.7 Å². The van der Waals surface area contributed by atoms with E-state index >= 15 is 0 Å². The average Bonchev–Trinajstić information content (AvgIpc) is 3.20. The molecule has 3 aromatic rings. The second-order valence-electron chi connectivity index (χ2n) is 5.59. The minimum absolute atomic E-state index is 0.00128. The molecule has 0 unspecified atom stereocenters. The number of sulfonamides is 1. The number of fused-ring (bicyclic) bond motifs is 1. The van der Waals surface area contributed by atoms with Crippen molar-refractivity contribution in [1.29, 1.82) is 0 Å². The highest BCUT2D eigenvalue weighted by molar-refractivity contribution is 7.89. The molecule has 27 heavy (non-hydrogen) atoms. The van der Waals surface area contributed by atoms with E-state index in [1.807, 2.05) is 35.7 Å². The molecule has 0 fully saturated rings. The molecule has 7 nitrogen and oxygen atoms in total. The van der Waals surface area contributed by atoms with Crippen LogP contribution in [0, 0.1) is 0 Å². The third kappa shape index (κ3) is 5.39. The van der Waals surface area contributed by atoms with Crippen molar-refractivity contribution in [2.45, 2.75) is 6.54 Å². The summed E-state index contributed by atoms with van der Waals surface area (Å²) in [4.78, 5) is 16.8. The van der Waals surface area contributed by atoms with Crippen LogP contribution in [0.25, 0.3) is 11.0 Å². The van der Waals surface area contributed by atoms with Crippen molar-refractivity contribution < 1.29 is 13.2 Å². The smallest absolute Gasteiger partial charge is 0.244 e. The summed E-state index contributed by atoms with van der Waals surface area (Å²) < 4.78 is 28.2. The van der Waals surface area contributed by atoms with Crippen molar-refractivity contribution in [3.8, 4) is 0 Å². The molecule has 0 bridgehead atoms. The summed E-state index contributed by atoms with van der Waals surface area (Å²) in [6.45, 7) is 0.217. The van der Waals surface area contributed by atoms with Crippen LogP contribution >= 0.6 is 22.9 Å². The highest BCUT2D eigenvalue weighted by Gasteiger charge is 2.11. The average molecular weight is 425 g/mol. The predicted octanol–water partition coefficient (Wildman–Crippen LogP) is 2.30. The zero-order chi connectivity index (χ0) is 19.3. The van der Waals surface area contributed by atoms with Crippen LogP contribution in [0.15, 0.2) is 48.0 Å². The lowest BCUT2D eigenvalue weighted by atomic mass is 10.2. The number of imidazole rings is 1. The van der Waals surface area contributed by atoms with Crippen LogP contribution in [0.2, 0.25) is 5.15 Å². The molecule has 0 atom stereocenters. The summed E-state index contributed by atoms with van der Waals surface area (Å²) in [7, 11) is -3.48. The number of halogens is 1. The minimum Gasteiger partial charge on any atom is -0.351 e. The van der Waals surface area contributed by atoms with Crippen LogP contribution < -0.4 is 10.0 Å². The number of thiazole rings is 1. The molecule has 2 N–H and O–H groups in total. The number of amides is 1. The number of hydrogen-bond acceptors (Lipinski definition) is 5. The van der Waals surface area contributed by atoms with Crippen molar-refractivity contribution in [2.24, 2.45) is 0 Å². The SMILES string of the molecule is O=C(/C=C/c1c(Cl)nc2sccn12)NCCS(=O)(=O)NCc1ccccc1. The first-order chi connectivity index (χ1) is 12.9. The summed E-state index contributed by atoms with van der Waals surface area (Å²) in [5, 5.41) is 4.71. The molecule has 142 valence electrons. The van der Waals surface area contributed by atoms with Gasteiger partial charge in [0, 0.05) is 30.7 Å². The maximum absolute atomic E-state index is 12.0. The molecular formula is C17H17ClN4O3S2. The maximum atomic E-state index is 12.0. The fraction of sp³-hybridized carbons (Fsp3) is 0.176. The summed E-state index contributed by atoms with van der Waals surface area (Å²) in [6.07, 6.45) is 4.66. The number of nitrogens with one attached hydrogen (secondary N) is 2. The van der Waals surface area contributed by atoms with Gasteiger partial charge in [-0.05, 0) is 11.6 Å². The minimum atomic E-state index is -3.48. The summed E-state index contributed by atoms with van der Waals surface area (Å²) in [5.74, 6) is -0.615. The van der Waals surface area contributed by atoms with Gasteiger partial charge in [-0.1, -0.05) is 41.9 Å². The van der Waals surface area contributed by atoms with Gasteiger partial charge in [-0.3, -0.25) is 9.20 Å². The summed E-state index contributed by atoms with van der Waals surface area (Å²) in [5.41, 5.74) is 1.46. The van der Waals surface area contributed by atoms with Gasteiger partial charge in [-0.2, -0.15) is 0 Å². The third-order valence-corrected chi connectivity index (χ3v) is 6.02. The largest absolute Gasteiger partial charge is 0.351 e. The van der Waals surface area contributed by atoms with Gasteiger partial charge in [0.15, 0.2) is 10.1 Å². The summed E-state index contributed by atoms with van der Waals surface area (Å²) >= 11 is 7.48. The van der Waals surface area contributed by atoms with Crippen molar-refractivity contribution in [3.05, 3.63) is 64.4 Å². The van der Waals surface area contributed by atoms with Gasteiger partial charge in [0.25, 0.3) is 0 Å². The van der Waals surface area contributed by atoms with Crippen LogP contribution in [-0.2, 0) is 21.4 Å². The zero-order valence-corrected chi connectivity index (χ0v) is 16.5. The van der Waals surface area contributed by atoms with E-state index < -0.39 is 15.9 Å². The Labute approximate surface area is 165 Å². The Morgan fingerprint density at radius 2 is 2.07 bits per heavy atom. The molecule has 2 aromatic heterocycles.